The Labute approximate surface area is 231 Å². The van der Waals surface area contributed by atoms with Crippen LogP contribution in [0.25, 0.3) is 0 Å². The Balaban J connectivity index is 1.15. The lowest BCUT2D eigenvalue weighted by Gasteiger charge is -2.47. The van der Waals surface area contributed by atoms with Crippen LogP contribution in [0.2, 0.25) is 0 Å². The van der Waals surface area contributed by atoms with Crippen molar-refractivity contribution in [3.63, 3.8) is 0 Å². The van der Waals surface area contributed by atoms with Crippen molar-refractivity contribution in [3.05, 3.63) is 41.6 Å². The summed E-state index contributed by atoms with van der Waals surface area (Å²) in [5, 5.41) is 30.3. The van der Waals surface area contributed by atoms with Crippen LogP contribution in [0.5, 0.6) is 0 Å². The van der Waals surface area contributed by atoms with E-state index in [2.05, 4.69) is 56.4 Å². The third kappa shape index (κ3) is 6.80. The molecule has 4 atom stereocenters. The van der Waals surface area contributed by atoms with Gasteiger partial charge in [-0.3, -0.25) is 0 Å². The number of rotatable bonds is 10. The van der Waals surface area contributed by atoms with E-state index in [0.717, 1.165) is 56.5 Å². The Morgan fingerprint density at radius 3 is 2.50 bits per heavy atom. The lowest BCUT2D eigenvalue weighted by Crippen LogP contribution is -2.51. The van der Waals surface area contributed by atoms with Crippen molar-refractivity contribution in [1.29, 1.82) is 5.26 Å². The van der Waals surface area contributed by atoms with Crippen molar-refractivity contribution in [2.24, 2.45) is 23.7 Å². The second-order valence-corrected chi connectivity index (χ2v) is 12.4. The number of nitriles is 1. The van der Waals surface area contributed by atoms with Crippen molar-refractivity contribution >= 4 is 23.5 Å². The van der Waals surface area contributed by atoms with Gasteiger partial charge in [-0.25, -0.2) is 4.98 Å². The Bertz CT molecular complexity index is 1080. The number of nitrogens with zero attached hydrogens (tertiary/aromatic N) is 3. The number of benzene rings is 1. The van der Waals surface area contributed by atoms with E-state index in [1.807, 2.05) is 6.07 Å². The predicted molar refractivity (Wildman–Crippen MR) is 154 cm³/mol. The summed E-state index contributed by atoms with van der Waals surface area (Å²) in [6, 6.07) is 11.2. The molecule has 1 aromatic carbocycles. The van der Waals surface area contributed by atoms with E-state index < -0.39 is 0 Å². The first-order valence-corrected chi connectivity index (χ1v) is 15.6. The Morgan fingerprint density at radius 2 is 1.76 bits per heavy atom. The van der Waals surface area contributed by atoms with E-state index in [4.69, 9.17) is 0 Å². The number of hydrogen-bond acceptors (Lipinski definition) is 8. The molecule has 3 saturated carbocycles. The highest BCUT2D eigenvalue weighted by molar-refractivity contribution is 7.98. The third-order valence-corrected chi connectivity index (χ3v) is 9.83. The highest BCUT2D eigenvalue weighted by Crippen LogP contribution is 2.43. The van der Waals surface area contributed by atoms with Gasteiger partial charge in [-0.05, 0) is 99.5 Å². The Morgan fingerprint density at radius 1 is 1.00 bits per heavy atom. The van der Waals surface area contributed by atoms with Crippen molar-refractivity contribution < 1.29 is 5.11 Å². The van der Waals surface area contributed by atoms with Crippen LogP contribution in [-0.4, -0.2) is 46.6 Å². The standard InChI is InChI=1S/C30H42N6OS/c1-38-27-8-3-2-5-24(27)18-34-30-35-19-25(15-31)29(36-30)33-17-21-13-22-6-4-7-23(14-21)28(22)32-16-20-9-11-26(37)12-10-20/h2-3,5,8,19-23,26,28,32,37H,4,6-7,9-14,16-18H2,1H3,(H2,33,34,35,36)/t20?,21?,22-,23+,26?,28?. The molecule has 3 aliphatic carbocycles. The van der Waals surface area contributed by atoms with E-state index in [0.29, 0.717) is 35.8 Å². The fraction of sp³-hybridized carbons (Fsp3) is 0.633. The molecule has 4 N–H and O–H groups in total. The molecule has 7 nitrogen and oxygen atoms in total. The molecule has 2 bridgehead atoms. The van der Waals surface area contributed by atoms with Crippen LogP contribution >= 0.6 is 11.8 Å². The highest BCUT2D eigenvalue weighted by atomic mass is 32.2. The molecule has 0 amide bonds. The van der Waals surface area contributed by atoms with Gasteiger partial charge < -0.3 is 21.1 Å². The van der Waals surface area contributed by atoms with Crippen LogP contribution in [0.4, 0.5) is 11.8 Å². The zero-order chi connectivity index (χ0) is 26.3. The van der Waals surface area contributed by atoms with E-state index in [-0.39, 0.29) is 6.10 Å². The first-order valence-electron chi connectivity index (χ1n) is 14.4. The molecule has 3 aliphatic rings. The fourth-order valence-corrected chi connectivity index (χ4v) is 7.58. The maximum atomic E-state index is 9.82. The monoisotopic (exact) mass is 534 g/mol. The van der Waals surface area contributed by atoms with Crippen molar-refractivity contribution in [3.8, 4) is 6.07 Å². The number of aliphatic hydroxyl groups is 1. The maximum absolute atomic E-state index is 9.82. The molecule has 0 aliphatic heterocycles. The minimum absolute atomic E-state index is 0.0752. The van der Waals surface area contributed by atoms with Gasteiger partial charge in [0.25, 0.3) is 0 Å². The largest absolute Gasteiger partial charge is 0.393 e. The van der Waals surface area contributed by atoms with E-state index >= 15 is 0 Å². The van der Waals surface area contributed by atoms with Crippen LogP contribution in [0, 0.1) is 35.0 Å². The van der Waals surface area contributed by atoms with E-state index in [9.17, 15) is 10.4 Å². The van der Waals surface area contributed by atoms with Gasteiger partial charge in [-0.2, -0.15) is 10.2 Å². The summed E-state index contributed by atoms with van der Waals surface area (Å²) in [5.74, 6) is 3.96. The van der Waals surface area contributed by atoms with Crippen LogP contribution in [-0.2, 0) is 6.54 Å². The third-order valence-electron chi connectivity index (χ3n) is 8.99. The van der Waals surface area contributed by atoms with Gasteiger partial charge in [0.05, 0.1) is 12.3 Å². The molecule has 204 valence electrons. The molecule has 3 fully saturated rings. The highest BCUT2D eigenvalue weighted by Gasteiger charge is 2.40. The second-order valence-electron chi connectivity index (χ2n) is 11.5. The summed E-state index contributed by atoms with van der Waals surface area (Å²) in [4.78, 5) is 10.3. The summed E-state index contributed by atoms with van der Waals surface area (Å²) >= 11 is 1.73. The van der Waals surface area contributed by atoms with Crippen LogP contribution in [0.15, 0.2) is 35.4 Å². The SMILES string of the molecule is CSc1ccccc1CNc1ncc(C#N)c(NCC2C[C@H]3CCC[C@@H](C2)C3NCC2CCC(O)CC2)n1. The first-order chi connectivity index (χ1) is 18.6. The van der Waals surface area contributed by atoms with Gasteiger partial charge >= 0.3 is 0 Å². The number of aliphatic hydroxyl groups excluding tert-OH is 1. The molecule has 5 rings (SSSR count). The zero-order valence-corrected chi connectivity index (χ0v) is 23.3. The smallest absolute Gasteiger partial charge is 0.224 e. The molecule has 2 aromatic rings. The van der Waals surface area contributed by atoms with Gasteiger partial charge in [0.15, 0.2) is 0 Å². The summed E-state index contributed by atoms with van der Waals surface area (Å²) in [5.41, 5.74) is 1.70. The number of fused-ring (bicyclic) bond motifs is 2. The summed E-state index contributed by atoms with van der Waals surface area (Å²) in [6.45, 7) is 2.60. The van der Waals surface area contributed by atoms with Crippen LogP contribution in [0.3, 0.4) is 0 Å². The van der Waals surface area contributed by atoms with E-state index in [1.54, 1.807) is 18.0 Å². The van der Waals surface area contributed by atoms with Crippen molar-refractivity contribution in [2.75, 3.05) is 30.0 Å². The lowest BCUT2D eigenvalue weighted by atomic mass is 9.64. The normalized spacial score (nSPS) is 28.9. The molecule has 1 aromatic heterocycles. The van der Waals surface area contributed by atoms with Gasteiger partial charge in [-0.15, -0.1) is 11.8 Å². The number of hydrogen-bond donors (Lipinski definition) is 4. The number of nitrogens with one attached hydrogen (secondary N) is 3. The molecule has 0 radical (unpaired) electrons. The van der Waals surface area contributed by atoms with Crippen LogP contribution in [0.1, 0.15) is 68.9 Å². The molecule has 2 unspecified atom stereocenters. The molecule has 0 spiro atoms. The zero-order valence-electron chi connectivity index (χ0n) is 22.5. The Kier molecular flexibility index (Phi) is 9.42. The van der Waals surface area contributed by atoms with Crippen molar-refractivity contribution in [1.82, 2.24) is 15.3 Å². The maximum Gasteiger partial charge on any atom is 0.224 e. The quantitative estimate of drug-likeness (QED) is 0.299. The van der Waals surface area contributed by atoms with Crippen molar-refractivity contribution in [2.45, 2.75) is 81.4 Å². The van der Waals surface area contributed by atoms with Crippen LogP contribution < -0.4 is 16.0 Å². The second kappa shape index (κ2) is 13.1. The fourth-order valence-electron chi connectivity index (χ4n) is 6.97. The molecule has 0 saturated heterocycles. The molecule has 38 heavy (non-hydrogen) atoms. The average Bonchev–Trinajstić information content (AvgIpc) is 2.94. The first kappa shape index (κ1) is 27.2. The Hall–Kier alpha value is -2.34. The minimum atomic E-state index is -0.0752. The summed E-state index contributed by atoms with van der Waals surface area (Å²) < 4.78 is 0. The van der Waals surface area contributed by atoms with E-state index in [1.165, 1.54) is 42.6 Å². The molecule has 1 heterocycles. The van der Waals surface area contributed by atoms with Gasteiger partial charge in [0.1, 0.15) is 17.5 Å². The average molecular weight is 535 g/mol. The van der Waals surface area contributed by atoms with Gasteiger partial charge in [0.2, 0.25) is 5.95 Å². The summed E-state index contributed by atoms with van der Waals surface area (Å²) in [6.07, 6.45) is 14.3. The number of anilines is 2. The molecular formula is C30H42N6OS. The molecule has 8 heteroatoms. The predicted octanol–water partition coefficient (Wildman–Crippen LogP) is 5.43. The summed E-state index contributed by atoms with van der Waals surface area (Å²) in [7, 11) is 0. The lowest BCUT2D eigenvalue weighted by molar-refractivity contribution is 0.0749. The minimum Gasteiger partial charge on any atom is -0.393 e. The molecular weight excluding hydrogens is 492 g/mol. The number of thioether (sulfide) groups is 1. The number of aromatic nitrogens is 2. The van der Waals surface area contributed by atoms with Gasteiger partial charge in [0, 0.05) is 24.0 Å². The van der Waals surface area contributed by atoms with Gasteiger partial charge in [-0.1, -0.05) is 24.6 Å². The topological polar surface area (TPSA) is 106 Å².